The van der Waals surface area contributed by atoms with Crippen molar-refractivity contribution in [3.05, 3.63) is 65.0 Å². The Morgan fingerprint density at radius 3 is 2.48 bits per heavy atom. The third kappa shape index (κ3) is 5.26. The molecule has 0 bridgehead atoms. The first-order valence-electron chi connectivity index (χ1n) is 9.98. The Labute approximate surface area is 172 Å². The van der Waals surface area contributed by atoms with E-state index in [-0.39, 0.29) is 11.2 Å². The van der Waals surface area contributed by atoms with Gasteiger partial charge in [0.2, 0.25) is 0 Å². The second-order valence-electron chi connectivity index (χ2n) is 7.48. The van der Waals surface area contributed by atoms with E-state index in [1.54, 1.807) is 33.2 Å². The molecule has 2 aromatic rings. The number of ether oxygens (including phenoxy) is 2. The van der Waals surface area contributed by atoms with Crippen molar-refractivity contribution in [3.8, 4) is 5.75 Å². The van der Waals surface area contributed by atoms with Gasteiger partial charge in [-0.15, -0.1) is 0 Å². The number of methoxy groups -OCH3 is 1. The Bertz CT molecular complexity index is 831. The number of guanidine groups is 1. The fourth-order valence-electron chi connectivity index (χ4n) is 3.68. The number of rotatable bonds is 6. The minimum absolute atomic E-state index is 0.0297. The maximum absolute atomic E-state index is 13.8. The van der Waals surface area contributed by atoms with E-state index in [2.05, 4.69) is 27.8 Å². The van der Waals surface area contributed by atoms with Crippen molar-refractivity contribution in [2.75, 3.05) is 33.9 Å². The van der Waals surface area contributed by atoms with Gasteiger partial charge in [-0.1, -0.05) is 24.3 Å². The normalized spacial score (nSPS) is 16.3. The molecule has 2 N–H and O–H groups in total. The van der Waals surface area contributed by atoms with Gasteiger partial charge < -0.3 is 20.1 Å². The van der Waals surface area contributed by atoms with Gasteiger partial charge >= 0.3 is 0 Å². The summed E-state index contributed by atoms with van der Waals surface area (Å²) in [7, 11) is 3.42. The number of aryl methyl sites for hydroxylation is 1. The molecule has 0 radical (unpaired) electrons. The molecule has 1 heterocycles. The van der Waals surface area contributed by atoms with Crippen LogP contribution in [-0.4, -0.2) is 39.9 Å². The van der Waals surface area contributed by atoms with Crippen LogP contribution in [0.3, 0.4) is 0 Å². The highest BCUT2D eigenvalue weighted by Gasteiger charge is 2.34. The molecule has 2 aromatic carbocycles. The summed E-state index contributed by atoms with van der Waals surface area (Å²) in [6, 6.07) is 13.6. The van der Waals surface area contributed by atoms with E-state index < -0.39 is 0 Å². The molecule has 1 saturated heterocycles. The number of nitrogens with zero attached hydrogens (tertiary/aromatic N) is 1. The smallest absolute Gasteiger partial charge is 0.191 e. The molecule has 3 rings (SSSR count). The van der Waals surface area contributed by atoms with Gasteiger partial charge in [0.15, 0.2) is 5.96 Å². The third-order valence-corrected chi connectivity index (χ3v) is 5.67. The highest BCUT2D eigenvalue weighted by Crippen LogP contribution is 2.35. The molecule has 1 aliphatic rings. The Morgan fingerprint density at radius 1 is 1.14 bits per heavy atom. The maximum Gasteiger partial charge on any atom is 0.191 e. The van der Waals surface area contributed by atoms with Crippen molar-refractivity contribution in [1.82, 2.24) is 10.6 Å². The van der Waals surface area contributed by atoms with Gasteiger partial charge in [0, 0.05) is 38.8 Å². The molecule has 5 nitrogen and oxygen atoms in total. The first kappa shape index (κ1) is 21.1. The summed E-state index contributed by atoms with van der Waals surface area (Å²) in [6.07, 6.45) is 1.87. The van der Waals surface area contributed by atoms with Crippen LogP contribution in [-0.2, 0) is 16.7 Å². The van der Waals surface area contributed by atoms with E-state index in [0.717, 1.165) is 43.9 Å². The average Bonchev–Trinajstić information content (AvgIpc) is 2.77. The van der Waals surface area contributed by atoms with Crippen LogP contribution < -0.4 is 15.4 Å². The number of benzene rings is 2. The number of halogens is 1. The molecule has 0 spiro atoms. The first-order valence-corrected chi connectivity index (χ1v) is 9.98. The van der Waals surface area contributed by atoms with E-state index in [1.165, 1.54) is 5.56 Å². The molecule has 6 heteroatoms. The summed E-state index contributed by atoms with van der Waals surface area (Å²) in [6.45, 7) is 4.49. The van der Waals surface area contributed by atoms with Crippen molar-refractivity contribution in [2.24, 2.45) is 4.99 Å². The van der Waals surface area contributed by atoms with Gasteiger partial charge in [0.05, 0.1) is 7.11 Å². The summed E-state index contributed by atoms with van der Waals surface area (Å²) in [5.41, 5.74) is 2.77. The number of aliphatic imine (C=N–C) groups is 1. The lowest BCUT2D eigenvalue weighted by molar-refractivity contribution is 0.0513. The Hall–Kier alpha value is -2.60. The minimum atomic E-state index is -0.187. The molecule has 29 heavy (non-hydrogen) atoms. The standard InChI is InChI=1S/C23H30FN3O2/c1-17-4-5-18(14-21(17)24)15-26-22(25-2)27-16-23(10-12-29-13-11-23)19-6-8-20(28-3)9-7-19/h4-9,14H,10-13,15-16H2,1-3H3,(H2,25,26,27). The van der Waals surface area contributed by atoms with Gasteiger partial charge in [0.25, 0.3) is 0 Å². The molecule has 0 amide bonds. The van der Waals surface area contributed by atoms with E-state index in [4.69, 9.17) is 9.47 Å². The van der Waals surface area contributed by atoms with Crippen molar-refractivity contribution in [2.45, 2.75) is 31.7 Å². The minimum Gasteiger partial charge on any atom is -0.497 e. The van der Waals surface area contributed by atoms with Crippen LogP contribution in [0.4, 0.5) is 4.39 Å². The topological polar surface area (TPSA) is 54.9 Å². The lowest BCUT2D eigenvalue weighted by atomic mass is 9.74. The SMILES string of the molecule is CN=C(NCc1ccc(C)c(F)c1)NCC1(c2ccc(OC)cc2)CCOCC1. The highest BCUT2D eigenvalue weighted by atomic mass is 19.1. The molecule has 0 aliphatic carbocycles. The van der Waals surface area contributed by atoms with Gasteiger partial charge in [-0.25, -0.2) is 4.39 Å². The van der Waals surface area contributed by atoms with E-state index in [0.29, 0.717) is 18.1 Å². The molecule has 0 aromatic heterocycles. The zero-order chi connectivity index (χ0) is 20.7. The third-order valence-electron chi connectivity index (χ3n) is 5.67. The molecule has 1 aliphatic heterocycles. The molecule has 0 unspecified atom stereocenters. The molecule has 0 atom stereocenters. The van der Waals surface area contributed by atoms with Crippen LogP contribution in [0.2, 0.25) is 0 Å². The van der Waals surface area contributed by atoms with Gasteiger partial charge in [-0.05, 0) is 54.7 Å². The summed E-state index contributed by atoms with van der Waals surface area (Å²) < 4.78 is 24.7. The monoisotopic (exact) mass is 399 g/mol. The summed E-state index contributed by atoms with van der Waals surface area (Å²) in [5.74, 6) is 1.37. The zero-order valence-corrected chi connectivity index (χ0v) is 17.4. The predicted octanol–water partition coefficient (Wildman–Crippen LogP) is 3.56. The fraction of sp³-hybridized carbons (Fsp3) is 0.435. The summed E-state index contributed by atoms with van der Waals surface area (Å²) >= 11 is 0. The summed E-state index contributed by atoms with van der Waals surface area (Å²) in [4.78, 5) is 4.33. The number of nitrogens with one attached hydrogen (secondary N) is 2. The zero-order valence-electron chi connectivity index (χ0n) is 17.4. The largest absolute Gasteiger partial charge is 0.497 e. The molecule has 1 fully saturated rings. The second kappa shape index (κ2) is 9.74. The molecule has 0 saturated carbocycles. The predicted molar refractivity (Wildman–Crippen MR) is 114 cm³/mol. The van der Waals surface area contributed by atoms with Gasteiger partial charge in [-0.2, -0.15) is 0 Å². The number of hydrogen-bond acceptors (Lipinski definition) is 3. The quantitative estimate of drug-likeness (QED) is 0.576. The second-order valence-corrected chi connectivity index (χ2v) is 7.48. The van der Waals surface area contributed by atoms with Crippen molar-refractivity contribution in [3.63, 3.8) is 0 Å². The average molecular weight is 400 g/mol. The van der Waals surface area contributed by atoms with Crippen LogP contribution in [0.1, 0.15) is 29.5 Å². The Morgan fingerprint density at radius 2 is 1.86 bits per heavy atom. The fourth-order valence-corrected chi connectivity index (χ4v) is 3.68. The number of hydrogen-bond donors (Lipinski definition) is 2. The van der Waals surface area contributed by atoms with Crippen LogP contribution in [0.5, 0.6) is 5.75 Å². The molecule has 156 valence electrons. The highest BCUT2D eigenvalue weighted by molar-refractivity contribution is 5.79. The lowest BCUT2D eigenvalue weighted by Gasteiger charge is -2.38. The van der Waals surface area contributed by atoms with Crippen LogP contribution in [0.15, 0.2) is 47.5 Å². The van der Waals surface area contributed by atoms with Crippen LogP contribution in [0.25, 0.3) is 0 Å². The van der Waals surface area contributed by atoms with Gasteiger partial charge in [-0.3, -0.25) is 4.99 Å². The molecular weight excluding hydrogens is 369 g/mol. The maximum atomic E-state index is 13.8. The Kier molecular flexibility index (Phi) is 7.09. The van der Waals surface area contributed by atoms with Gasteiger partial charge in [0.1, 0.15) is 11.6 Å². The van der Waals surface area contributed by atoms with Crippen molar-refractivity contribution in [1.29, 1.82) is 0 Å². The Balaban J connectivity index is 1.66. The first-order chi connectivity index (χ1) is 14.1. The van der Waals surface area contributed by atoms with E-state index >= 15 is 0 Å². The lowest BCUT2D eigenvalue weighted by Crippen LogP contribution is -2.47. The van der Waals surface area contributed by atoms with Crippen molar-refractivity contribution < 1.29 is 13.9 Å². The van der Waals surface area contributed by atoms with Crippen LogP contribution >= 0.6 is 0 Å². The molecular formula is C23H30FN3O2. The van der Waals surface area contributed by atoms with E-state index in [9.17, 15) is 4.39 Å². The van der Waals surface area contributed by atoms with E-state index in [1.807, 2.05) is 18.2 Å². The van der Waals surface area contributed by atoms with Crippen molar-refractivity contribution >= 4 is 5.96 Å². The van der Waals surface area contributed by atoms with Crippen LogP contribution in [0, 0.1) is 12.7 Å². The summed E-state index contributed by atoms with van der Waals surface area (Å²) in [5, 5.41) is 6.74.